The van der Waals surface area contributed by atoms with Gasteiger partial charge in [-0.25, -0.2) is 8.42 Å². The van der Waals surface area contributed by atoms with Crippen LogP contribution in [-0.4, -0.2) is 58.0 Å². The molecule has 2 aliphatic heterocycles. The Hall–Kier alpha value is -2.63. The third-order valence-corrected chi connectivity index (χ3v) is 7.84. The van der Waals surface area contributed by atoms with E-state index in [-0.39, 0.29) is 24.4 Å². The monoisotopic (exact) mass is 497 g/mol. The van der Waals surface area contributed by atoms with Crippen LogP contribution in [0.1, 0.15) is 24.0 Å². The molecule has 0 saturated carbocycles. The van der Waals surface area contributed by atoms with Crippen molar-refractivity contribution in [3.05, 3.63) is 53.6 Å². The molecule has 0 spiro atoms. The van der Waals surface area contributed by atoms with Crippen molar-refractivity contribution in [1.82, 2.24) is 4.31 Å². The first-order chi connectivity index (χ1) is 16.1. The predicted octanol–water partition coefficient (Wildman–Crippen LogP) is 3.51. The van der Waals surface area contributed by atoms with E-state index in [0.717, 1.165) is 43.8 Å². The van der Waals surface area contributed by atoms with Gasteiger partial charge in [0, 0.05) is 26.2 Å². The molecule has 34 heavy (non-hydrogen) atoms. The fourth-order valence-corrected chi connectivity index (χ4v) is 5.57. The lowest BCUT2D eigenvalue weighted by atomic mass is 10.1. The summed E-state index contributed by atoms with van der Waals surface area (Å²) in [6, 6.07) is 9.12. The second kappa shape index (κ2) is 9.93. The van der Waals surface area contributed by atoms with Crippen molar-refractivity contribution in [1.29, 1.82) is 0 Å². The minimum atomic E-state index is -4.45. The SMILES string of the molecule is O=C(Cc1ccc(C(F)(F)F)cc1)Nc1cc(S(=O)(=O)N2CCOCC2)ccc1N1CCCC1. The Bertz CT molecular complexity index is 1130. The predicted molar refractivity (Wildman–Crippen MR) is 121 cm³/mol. The number of nitrogens with one attached hydrogen (secondary N) is 1. The van der Waals surface area contributed by atoms with Crippen LogP contribution in [0.3, 0.4) is 0 Å². The number of alkyl halides is 3. The molecule has 0 unspecified atom stereocenters. The molecule has 0 atom stereocenters. The number of carbonyl (C=O) groups is 1. The minimum Gasteiger partial charge on any atom is -0.379 e. The Labute approximate surface area is 196 Å². The molecule has 0 aromatic heterocycles. The van der Waals surface area contributed by atoms with Crippen LogP contribution in [0.5, 0.6) is 0 Å². The molecule has 0 bridgehead atoms. The Morgan fingerprint density at radius 1 is 0.971 bits per heavy atom. The maximum atomic E-state index is 13.1. The molecule has 184 valence electrons. The number of amides is 1. The highest BCUT2D eigenvalue weighted by Gasteiger charge is 2.30. The number of carbonyl (C=O) groups excluding carboxylic acids is 1. The Kier molecular flexibility index (Phi) is 7.15. The third-order valence-electron chi connectivity index (χ3n) is 5.94. The van der Waals surface area contributed by atoms with Crippen molar-refractivity contribution >= 4 is 27.3 Å². The number of anilines is 2. The molecular weight excluding hydrogens is 471 g/mol. The quantitative estimate of drug-likeness (QED) is 0.661. The summed E-state index contributed by atoms with van der Waals surface area (Å²) in [5.41, 5.74) is 0.728. The van der Waals surface area contributed by atoms with Crippen molar-refractivity contribution in [3.8, 4) is 0 Å². The molecule has 4 rings (SSSR count). The van der Waals surface area contributed by atoms with Gasteiger partial charge in [-0.2, -0.15) is 17.5 Å². The van der Waals surface area contributed by atoms with Gasteiger partial charge in [-0.15, -0.1) is 0 Å². The van der Waals surface area contributed by atoms with Crippen LogP contribution in [0.25, 0.3) is 0 Å². The molecule has 1 amide bonds. The van der Waals surface area contributed by atoms with Crippen molar-refractivity contribution in [3.63, 3.8) is 0 Å². The van der Waals surface area contributed by atoms with E-state index in [4.69, 9.17) is 4.74 Å². The average molecular weight is 498 g/mol. The number of halogens is 3. The fourth-order valence-electron chi connectivity index (χ4n) is 4.14. The number of rotatable bonds is 6. The van der Waals surface area contributed by atoms with E-state index in [9.17, 15) is 26.4 Å². The minimum absolute atomic E-state index is 0.0715. The van der Waals surface area contributed by atoms with Crippen LogP contribution < -0.4 is 10.2 Å². The van der Waals surface area contributed by atoms with E-state index >= 15 is 0 Å². The Morgan fingerprint density at radius 3 is 2.24 bits per heavy atom. The van der Waals surface area contributed by atoms with Gasteiger partial charge in [-0.05, 0) is 48.7 Å². The van der Waals surface area contributed by atoms with Gasteiger partial charge in [0.25, 0.3) is 0 Å². The van der Waals surface area contributed by atoms with Crippen LogP contribution in [0.4, 0.5) is 24.5 Å². The molecule has 0 aliphatic carbocycles. The first-order valence-electron chi connectivity index (χ1n) is 11.1. The van der Waals surface area contributed by atoms with E-state index in [2.05, 4.69) is 10.2 Å². The lowest BCUT2D eigenvalue weighted by Gasteiger charge is -2.27. The van der Waals surface area contributed by atoms with Gasteiger partial charge in [-0.1, -0.05) is 12.1 Å². The van der Waals surface area contributed by atoms with Gasteiger partial charge in [0.1, 0.15) is 0 Å². The van der Waals surface area contributed by atoms with Gasteiger partial charge < -0.3 is 15.0 Å². The standard InChI is InChI=1S/C23H26F3N3O4S/c24-23(25,26)18-5-3-17(4-6-18)15-22(30)27-20-16-19(7-8-21(20)28-9-1-2-10-28)34(31,32)29-11-13-33-14-12-29/h3-8,16H,1-2,9-15H2,(H,27,30). The van der Waals surface area contributed by atoms with Gasteiger partial charge in [0.05, 0.1) is 41.5 Å². The van der Waals surface area contributed by atoms with Crippen molar-refractivity contribution in [2.24, 2.45) is 0 Å². The Morgan fingerprint density at radius 2 is 1.62 bits per heavy atom. The lowest BCUT2D eigenvalue weighted by Crippen LogP contribution is -2.40. The number of hydrogen-bond donors (Lipinski definition) is 1. The summed E-state index contributed by atoms with van der Waals surface area (Å²) < 4.78 is 71.2. The molecule has 0 radical (unpaired) electrons. The van der Waals surface area contributed by atoms with Crippen LogP contribution >= 0.6 is 0 Å². The molecule has 1 N–H and O–H groups in total. The number of ether oxygens (including phenoxy) is 1. The van der Waals surface area contributed by atoms with Crippen molar-refractivity contribution in [2.45, 2.75) is 30.3 Å². The molecule has 2 aromatic carbocycles. The topological polar surface area (TPSA) is 79.0 Å². The fraction of sp³-hybridized carbons (Fsp3) is 0.435. The van der Waals surface area contributed by atoms with Crippen LogP contribution in [0.2, 0.25) is 0 Å². The van der Waals surface area contributed by atoms with Gasteiger partial charge in [-0.3, -0.25) is 4.79 Å². The van der Waals surface area contributed by atoms with Crippen LogP contribution in [0.15, 0.2) is 47.4 Å². The zero-order valence-electron chi connectivity index (χ0n) is 18.5. The van der Waals surface area contributed by atoms with Gasteiger partial charge in [0.2, 0.25) is 15.9 Å². The first kappa shape index (κ1) is 24.5. The summed E-state index contributed by atoms with van der Waals surface area (Å²) >= 11 is 0. The third kappa shape index (κ3) is 5.53. The number of benzene rings is 2. The second-order valence-electron chi connectivity index (χ2n) is 8.31. The van der Waals surface area contributed by atoms with Gasteiger partial charge >= 0.3 is 6.18 Å². The highest BCUT2D eigenvalue weighted by Crippen LogP contribution is 2.33. The molecular formula is C23H26F3N3O4S. The zero-order valence-corrected chi connectivity index (χ0v) is 19.3. The number of nitrogens with zero attached hydrogens (tertiary/aromatic N) is 2. The maximum Gasteiger partial charge on any atom is 0.416 e. The van der Waals surface area contributed by atoms with Gasteiger partial charge in [0.15, 0.2) is 0 Å². The summed E-state index contributed by atoms with van der Waals surface area (Å²) in [7, 11) is -3.76. The largest absolute Gasteiger partial charge is 0.416 e. The van der Waals surface area contributed by atoms with Crippen molar-refractivity contribution < 1.29 is 31.1 Å². The first-order valence-corrected chi connectivity index (χ1v) is 12.5. The highest BCUT2D eigenvalue weighted by atomic mass is 32.2. The van der Waals surface area contributed by atoms with E-state index in [1.165, 1.54) is 22.5 Å². The number of hydrogen-bond acceptors (Lipinski definition) is 5. The van der Waals surface area contributed by atoms with Crippen LogP contribution in [0, 0.1) is 0 Å². The number of sulfonamides is 1. The summed E-state index contributed by atoms with van der Waals surface area (Å²) in [6.07, 6.45) is -2.60. The molecule has 11 heteroatoms. The van der Waals surface area contributed by atoms with Crippen LogP contribution in [-0.2, 0) is 32.2 Å². The zero-order chi connectivity index (χ0) is 24.3. The van der Waals surface area contributed by atoms with E-state index in [1.54, 1.807) is 12.1 Å². The highest BCUT2D eigenvalue weighted by molar-refractivity contribution is 7.89. The molecule has 2 aliphatic rings. The summed E-state index contributed by atoms with van der Waals surface area (Å²) in [4.78, 5) is 14.9. The van der Waals surface area contributed by atoms with E-state index in [0.29, 0.717) is 24.5 Å². The number of morpholine rings is 1. The lowest BCUT2D eigenvalue weighted by molar-refractivity contribution is -0.137. The van der Waals surface area contributed by atoms with Crippen molar-refractivity contribution in [2.75, 3.05) is 49.6 Å². The molecule has 2 aromatic rings. The smallest absolute Gasteiger partial charge is 0.379 e. The van der Waals surface area contributed by atoms with E-state index in [1.807, 2.05) is 0 Å². The molecule has 2 saturated heterocycles. The van der Waals surface area contributed by atoms with E-state index < -0.39 is 27.7 Å². The molecule has 2 fully saturated rings. The average Bonchev–Trinajstić information content (AvgIpc) is 3.34. The molecule has 7 nitrogen and oxygen atoms in total. The summed E-state index contributed by atoms with van der Waals surface area (Å²) in [6.45, 7) is 2.73. The summed E-state index contributed by atoms with van der Waals surface area (Å²) in [5.74, 6) is -0.443. The second-order valence-corrected chi connectivity index (χ2v) is 10.2. The summed E-state index contributed by atoms with van der Waals surface area (Å²) in [5, 5.41) is 2.79. The molecule has 2 heterocycles. The normalized spacial score (nSPS) is 17.7. The Balaban J connectivity index is 1.57. The maximum absolute atomic E-state index is 13.1.